The molecule has 0 spiro atoms. The summed E-state index contributed by atoms with van der Waals surface area (Å²) in [5.74, 6) is 0.897. The Morgan fingerprint density at radius 1 is 1.00 bits per heavy atom. The molecule has 4 rings (SSSR count). The zero-order chi connectivity index (χ0) is 21.3. The van der Waals surface area contributed by atoms with E-state index in [0.717, 1.165) is 35.7 Å². The van der Waals surface area contributed by atoms with E-state index in [1.807, 2.05) is 61.2 Å². The molecule has 2 aliphatic heterocycles. The second-order valence-corrected chi connectivity index (χ2v) is 8.29. The van der Waals surface area contributed by atoms with Gasteiger partial charge in [0.15, 0.2) is 0 Å². The summed E-state index contributed by atoms with van der Waals surface area (Å²) in [6.07, 6.45) is 0. The number of benzene rings is 2. The SMILES string of the molecule is COc1cccc(N2CCN(C(=O)[C@H](C(C)C)N3Cc4ccccc4C3=O)CC2)c1. The third kappa shape index (κ3) is 3.74. The normalized spacial score (nSPS) is 17.3. The monoisotopic (exact) mass is 407 g/mol. The highest BCUT2D eigenvalue weighted by molar-refractivity contribution is 6.01. The van der Waals surface area contributed by atoms with Crippen LogP contribution in [0, 0.1) is 5.92 Å². The number of carbonyl (C=O) groups excluding carboxylic acids is 2. The van der Waals surface area contributed by atoms with Crippen LogP contribution in [0.3, 0.4) is 0 Å². The Bertz CT molecular complexity index is 935. The third-order valence-electron chi connectivity index (χ3n) is 6.08. The molecule has 2 heterocycles. The van der Waals surface area contributed by atoms with Crippen molar-refractivity contribution in [3.8, 4) is 5.75 Å². The molecule has 2 aromatic rings. The van der Waals surface area contributed by atoms with E-state index in [1.165, 1.54) is 0 Å². The van der Waals surface area contributed by atoms with Crippen molar-refractivity contribution in [2.45, 2.75) is 26.4 Å². The van der Waals surface area contributed by atoms with E-state index in [4.69, 9.17) is 4.74 Å². The Morgan fingerprint density at radius 3 is 2.40 bits per heavy atom. The van der Waals surface area contributed by atoms with E-state index in [2.05, 4.69) is 11.0 Å². The summed E-state index contributed by atoms with van der Waals surface area (Å²) in [6.45, 7) is 7.36. The molecule has 6 heteroatoms. The maximum Gasteiger partial charge on any atom is 0.255 e. The number of piperazine rings is 1. The average Bonchev–Trinajstić information content (AvgIpc) is 3.10. The molecular weight excluding hydrogens is 378 g/mol. The van der Waals surface area contributed by atoms with Crippen LogP contribution >= 0.6 is 0 Å². The highest BCUT2D eigenvalue weighted by Crippen LogP contribution is 2.28. The molecule has 1 saturated heterocycles. The number of nitrogens with zero attached hydrogens (tertiary/aromatic N) is 3. The van der Waals surface area contributed by atoms with Crippen molar-refractivity contribution in [1.29, 1.82) is 0 Å². The van der Waals surface area contributed by atoms with Gasteiger partial charge in [-0.05, 0) is 29.7 Å². The van der Waals surface area contributed by atoms with Crippen molar-refractivity contribution >= 4 is 17.5 Å². The van der Waals surface area contributed by atoms with Gasteiger partial charge in [-0.3, -0.25) is 9.59 Å². The standard InChI is InChI=1S/C24H29N3O3/c1-17(2)22(27-16-18-7-4-5-10-21(18)23(27)28)24(29)26-13-11-25(12-14-26)19-8-6-9-20(15-19)30-3/h4-10,15,17,22H,11-14,16H2,1-3H3/t22-/m0/s1. The van der Waals surface area contributed by atoms with Crippen LogP contribution in [-0.2, 0) is 11.3 Å². The van der Waals surface area contributed by atoms with Crippen molar-refractivity contribution in [2.75, 3.05) is 38.2 Å². The van der Waals surface area contributed by atoms with Crippen molar-refractivity contribution in [3.05, 3.63) is 59.7 Å². The topological polar surface area (TPSA) is 53.1 Å². The van der Waals surface area contributed by atoms with Gasteiger partial charge in [-0.1, -0.05) is 38.1 Å². The van der Waals surface area contributed by atoms with E-state index in [0.29, 0.717) is 19.6 Å². The van der Waals surface area contributed by atoms with Gasteiger partial charge in [-0.25, -0.2) is 0 Å². The molecule has 2 aliphatic rings. The molecule has 0 unspecified atom stereocenters. The lowest BCUT2D eigenvalue weighted by Crippen LogP contribution is -2.56. The van der Waals surface area contributed by atoms with Gasteiger partial charge in [0.2, 0.25) is 5.91 Å². The minimum absolute atomic E-state index is 0.0346. The van der Waals surface area contributed by atoms with E-state index in [9.17, 15) is 9.59 Å². The molecule has 1 fully saturated rings. The quantitative estimate of drug-likeness (QED) is 0.765. The van der Waals surface area contributed by atoms with Gasteiger partial charge in [0.25, 0.3) is 5.91 Å². The van der Waals surface area contributed by atoms with Crippen LogP contribution in [0.2, 0.25) is 0 Å². The molecule has 0 radical (unpaired) electrons. The fourth-order valence-corrected chi connectivity index (χ4v) is 4.46. The minimum Gasteiger partial charge on any atom is -0.497 e. The number of fused-ring (bicyclic) bond motifs is 1. The van der Waals surface area contributed by atoms with Gasteiger partial charge in [-0.2, -0.15) is 0 Å². The Labute approximate surface area is 178 Å². The van der Waals surface area contributed by atoms with Gasteiger partial charge in [-0.15, -0.1) is 0 Å². The molecule has 0 aliphatic carbocycles. The summed E-state index contributed by atoms with van der Waals surface area (Å²) >= 11 is 0. The van der Waals surface area contributed by atoms with Crippen LogP contribution in [0.1, 0.15) is 29.8 Å². The Morgan fingerprint density at radius 2 is 1.73 bits per heavy atom. The number of hydrogen-bond donors (Lipinski definition) is 0. The number of hydrogen-bond acceptors (Lipinski definition) is 4. The molecule has 1 atom stereocenters. The van der Waals surface area contributed by atoms with E-state index in [1.54, 1.807) is 12.0 Å². The predicted molar refractivity (Wildman–Crippen MR) is 117 cm³/mol. The molecule has 2 aromatic carbocycles. The first-order chi connectivity index (χ1) is 14.5. The van der Waals surface area contributed by atoms with Crippen LogP contribution in [0.25, 0.3) is 0 Å². The second-order valence-electron chi connectivity index (χ2n) is 8.29. The largest absolute Gasteiger partial charge is 0.497 e. The zero-order valence-electron chi connectivity index (χ0n) is 17.9. The van der Waals surface area contributed by atoms with Crippen LogP contribution in [-0.4, -0.2) is 60.9 Å². The minimum atomic E-state index is -0.437. The van der Waals surface area contributed by atoms with Crippen molar-refractivity contribution < 1.29 is 14.3 Å². The first-order valence-electron chi connectivity index (χ1n) is 10.6. The fraction of sp³-hybridized carbons (Fsp3) is 0.417. The van der Waals surface area contributed by atoms with Gasteiger partial charge in [0.1, 0.15) is 11.8 Å². The van der Waals surface area contributed by atoms with Crippen LogP contribution in [0.5, 0.6) is 5.75 Å². The molecule has 0 saturated carbocycles. The van der Waals surface area contributed by atoms with Gasteiger partial charge < -0.3 is 19.4 Å². The molecule has 6 nitrogen and oxygen atoms in total. The van der Waals surface area contributed by atoms with Gasteiger partial charge in [0.05, 0.1) is 7.11 Å². The predicted octanol–water partition coefficient (Wildman–Crippen LogP) is 3.02. The van der Waals surface area contributed by atoms with Crippen molar-refractivity contribution in [2.24, 2.45) is 5.92 Å². The Balaban J connectivity index is 1.45. The third-order valence-corrected chi connectivity index (χ3v) is 6.08. The second kappa shape index (κ2) is 8.38. The summed E-state index contributed by atoms with van der Waals surface area (Å²) in [4.78, 5) is 32.4. The van der Waals surface area contributed by atoms with Crippen molar-refractivity contribution in [3.63, 3.8) is 0 Å². The lowest BCUT2D eigenvalue weighted by molar-refractivity contribution is -0.138. The van der Waals surface area contributed by atoms with Crippen LogP contribution in [0.4, 0.5) is 5.69 Å². The maximum atomic E-state index is 13.5. The van der Waals surface area contributed by atoms with Gasteiger partial charge in [0, 0.05) is 50.0 Å². The van der Waals surface area contributed by atoms with E-state index in [-0.39, 0.29) is 17.7 Å². The molecule has 0 N–H and O–H groups in total. The highest BCUT2D eigenvalue weighted by atomic mass is 16.5. The lowest BCUT2D eigenvalue weighted by atomic mass is 10.0. The molecule has 0 bridgehead atoms. The maximum absolute atomic E-state index is 13.5. The molecule has 2 amide bonds. The summed E-state index contributed by atoms with van der Waals surface area (Å²) in [7, 11) is 1.67. The molecule has 0 aromatic heterocycles. The highest BCUT2D eigenvalue weighted by Gasteiger charge is 2.40. The first kappa shape index (κ1) is 20.3. The number of amides is 2. The van der Waals surface area contributed by atoms with E-state index >= 15 is 0 Å². The van der Waals surface area contributed by atoms with Crippen LogP contribution < -0.4 is 9.64 Å². The number of rotatable bonds is 5. The van der Waals surface area contributed by atoms with E-state index < -0.39 is 6.04 Å². The number of ether oxygens (including phenoxy) is 1. The number of carbonyl (C=O) groups is 2. The molecule has 158 valence electrons. The lowest BCUT2D eigenvalue weighted by Gasteiger charge is -2.40. The fourth-order valence-electron chi connectivity index (χ4n) is 4.46. The summed E-state index contributed by atoms with van der Waals surface area (Å²) in [5, 5.41) is 0. The summed E-state index contributed by atoms with van der Waals surface area (Å²) in [5.41, 5.74) is 2.83. The number of methoxy groups -OCH3 is 1. The summed E-state index contributed by atoms with van der Waals surface area (Å²) < 4.78 is 5.33. The van der Waals surface area contributed by atoms with Gasteiger partial charge >= 0.3 is 0 Å². The van der Waals surface area contributed by atoms with Crippen LogP contribution in [0.15, 0.2) is 48.5 Å². The first-order valence-corrected chi connectivity index (χ1v) is 10.6. The average molecular weight is 408 g/mol. The Kier molecular flexibility index (Phi) is 5.66. The molecule has 30 heavy (non-hydrogen) atoms. The Hall–Kier alpha value is -3.02. The smallest absolute Gasteiger partial charge is 0.255 e. The van der Waals surface area contributed by atoms with Crippen molar-refractivity contribution in [1.82, 2.24) is 9.80 Å². The molecular formula is C24H29N3O3. The summed E-state index contributed by atoms with van der Waals surface area (Å²) in [6, 6.07) is 15.2. The number of anilines is 1. The zero-order valence-corrected chi connectivity index (χ0v) is 17.9.